The van der Waals surface area contributed by atoms with Gasteiger partial charge >= 0.3 is 5.97 Å². The summed E-state index contributed by atoms with van der Waals surface area (Å²) in [7, 11) is 0. The van der Waals surface area contributed by atoms with Gasteiger partial charge in [0.15, 0.2) is 6.61 Å². The molecule has 2 aromatic rings. The van der Waals surface area contributed by atoms with Crippen molar-refractivity contribution in [2.24, 2.45) is 0 Å². The van der Waals surface area contributed by atoms with E-state index in [1.54, 1.807) is 24.3 Å². The third-order valence-electron chi connectivity index (χ3n) is 3.99. The molecule has 158 valence electrons. The van der Waals surface area contributed by atoms with Crippen LogP contribution in [0.25, 0.3) is 0 Å². The number of aryl methyl sites for hydroxylation is 1. The van der Waals surface area contributed by atoms with Crippen LogP contribution in [0.4, 0.5) is 5.69 Å². The minimum atomic E-state index is -0.703. The van der Waals surface area contributed by atoms with Crippen molar-refractivity contribution in [2.45, 2.75) is 26.2 Å². The van der Waals surface area contributed by atoms with E-state index in [1.165, 1.54) is 12.1 Å². The number of carbonyl (C=O) groups excluding carboxylic acids is 4. The van der Waals surface area contributed by atoms with Crippen LogP contribution < -0.4 is 16.2 Å². The van der Waals surface area contributed by atoms with Crippen LogP contribution in [0.1, 0.15) is 35.7 Å². The van der Waals surface area contributed by atoms with E-state index >= 15 is 0 Å². The van der Waals surface area contributed by atoms with Crippen LogP contribution >= 0.6 is 11.6 Å². The normalized spacial score (nSPS) is 10.1. The van der Waals surface area contributed by atoms with E-state index in [0.717, 1.165) is 12.0 Å². The number of hydrogen-bond donors (Lipinski definition) is 3. The Hall–Kier alpha value is -3.39. The van der Waals surface area contributed by atoms with Crippen LogP contribution in [-0.4, -0.2) is 30.3 Å². The Labute approximate surface area is 178 Å². The number of rotatable bonds is 8. The van der Waals surface area contributed by atoms with Crippen LogP contribution in [0.3, 0.4) is 0 Å². The number of amides is 3. The Bertz CT molecular complexity index is 898. The largest absolute Gasteiger partial charge is 0.456 e. The molecule has 0 fully saturated rings. The second kappa shape index (κ2) is 11.6. The van der Waals surface area contributed by atoms with E-state index in [4.69, 9.17) is 16.3 Å². The molecule has 3 amide bonds. The average molecular weight is 432 g/mol. The highest BCUT2D eigenvalue weighted by Gasteiger charge is 2.12. The van der Waals surface area contributed by atoms with Crippen LogP contribution in [0.15, 0.2) is 48.5 Å². The Morgan fingerprint density at radius 1 is 0.867 bits per heavy atom. The lowest BCUT2D eigenvalue weighted by molar-refractivity contribution is -0.148. The summed E-state index contributed by atoms with van der Waals surface area (Å²) in [4.78, 5) is 47.1. The molecule has 9 heteroatoms. The third kappa shape index (κ3) is 7.92. The predicted octanol–water partition coefficient (Wildman–Crippen LogP) is 2.63. The summed E-state index contributed by atoms with van der Waals surface area (Å²) < 4.78 is 4.85. The zero-order valence-electron chi connectivity index (χ0n) is 16.4. The van der Waals surface area contributed by atoms with E-state index in [2.05, 4.69) is 16.2 Å². The Morgan fingerprint density at radius 2 is 1.53 bits per heavy atom. The lowest BCUT2D eigenvalue weighted by Crippen LogP contribution is -2.41. The van der Waals surface area contributed by atoms with Gasteiger partial charge in [0.2, 0.25) is 5.91 Å². The Kier molecular flexibility index (Phi) is 8.83. The minimum Gasteiger partial charge on any atom is -0.456 e. The number of hydrazine groups is 1. The first-order chi connectivity index (χ1) is 14.4. The van der Waals surface area contributed by atoms with Gasteiger partial charge in [-0.05, 0) is 48.4 Å². The summed E-state index contributed by atoms with van der Waals surface area (Å²) in [6.45, 7) is 1.57. The number of esters is 1. The summed E-state index contributed by atoms with van der Waals surface area (Å²) >= 11 is 5.74. The molecule has 0 aliphatic rings. The molecule has 0 aliphatic carbocycles. The monoisotopic (exact) mass is 431 g/mol. The second-order valence-corrected chi connectivity index (χ2v) is 6.70. The fourth-order valence-electron chi connectivity index (χ4n) is 2.32. The molecule has 0 saturated heterocycles. The highest BCUT2D eigenvalue weighted by Crippen LogP contribution is 2.10. The number of anilines is 1. The Balaban J connectivity index is 1.63. The molecule has 0 aliphatic heterocycles. The smallest absolute Gasteiger partial charge is 0.306 e. The van der Waals surface area contributed by atoms with Gasteiger partial charge in [0.05, 0.1) is 6.42 Å². The molecule has 0 heterocycles. The van der Waals surface area contributed by atoms with E-state index < -0.39 is 30.3 Å². The maximum atomic E-state index is 11.9. The lowest BCUT2D eigenvalue weighted by atomic mass is 10.1. The molecule has 0 unspecified atom stereocenters. The molecular weight excluding hydrogens is 410 g/mol. The van der Waals surface area contributed by atoms with E-state index in [1.807, 2.05) is 19.1 Å². The van der Waals surface area contributed by atoms with E-state index in [9.17, 15) is 19.2 Å². The lowest BCUT2D eigenvalue weighted by Gasteiger charge is -2.08. The number of benzene rings is 2. The summed E-state index contributed by atoms with van der Waals surface area (Å²) in [5.41, 5.74) is 6.49. The van der Waals surface area contributed by atoms with Crippen molar-refractivity contribution in [2.75, 3.05) is 11.9 Å². The molecule has 2 rings (SSSR count). The Morgan fingerprint density at radius 3 is 2.17 bits per heavy atom. The SMILES string of the molecule is CCc1ccc(NC(=O)COC(=O)CCC(=O)NNC(=O)c2ccc(Cl)cc2)cc1. The van der Waals surface area contributed by atoms with Gasteiger partial charge in [0.25, 0.3) is 11.8 Å². The molecule has 2 aromatic carbocycles. The number of nitrogens with one attached hydrogen (secondary N) is 3. The van der Waals surface area contributed by atoms with Crippen molar-refractivity contribution < 1.29 is 23.9 Å². The summed E-state index contributed by atoms with van der Waals surface area (Å²) in [6, 6.07) is 13.4. The molecule has 0 aromatic heterocycles. The average Bonchev–Trinajstić information content (AvgIpc) is 2.75. The van der Waals surface area contributed by atoms with E-state index in [-0.39, 0.29) is 12.8 Å². The van der Waals surface area contributed by atoms with Crippen molar-refractivity contribution in [3.63, 3.8) is 0 Å². The first-order valence-electron chi connectivity index (χ1n) is 9.26. The topological polar surface area (TPSA) is 114 Å². The fraction of sp³-hybridized carbons (Fsp3) is 0.238. The molecule has 0 atom stereocenters. The third-order valence-corrected chi connectivity index (χ3v) is 4.24. The van der Waals surface area contributed by atoms with Gasteiger partial charge in [-0.1, -0.05) is 30.7 Å². The maximum Gasteiger partial charge on any atom is 0.306 e. The van der Waals surface area contributed by atoms with Gasteiger partial charge in [0, 0.05) is 22.7 Å². The van der Waals surface area contributed by atoms with Gasteiger partial charge in [-0.3, -0.25) is 30.0 Å². The first-order valence-corrected chi connectivity index (χ1v) is 9.64. The molecule has 8 nitrogen and oxygen atoms in total. The quantitative estimate of drug-likeness (QED) is 0.439. The summed E-state index contributed by atoms with van der Waals surface area (Å²) in [5, 5.41) is 3.10. The number of ether oxygens (including phenoxy) is 1. The number of halogens is 1. The maximum absolute atomic E-state index is 11.9. The predicted molar refractivity (Wildman–Crippen MR) is 112 cm³/mol. The highest BCUT2D eigenvalue weighted by molar-refractivity contribution is 6.30. The van der Waals surface area contributed by atoms with Gasteiger partial charge in [0.1, 0.15) is 0 Å². The first kappa shape index (κ1) is 22.9. The van der Waals surface area contributed by atoms with Crippen LogP contribution in [0, 0.1) is 0 Å². The summed E-state index contributed by atoms with van der Waals surface area (Å²) in [6.07, 6.45) is 0.450. The van der Waals surface area contributed by atoms with Crippen molar-refractivity contribution in [1.29, 1.82) is 0 Å². The van der Waals surface area contributed by atoms with Crippen molar-refractivity contribution >= 4 is 41.0 Å². The van der Waals surface area contributed by atoms with Gasteiger partial charge < -0.3 is 10.1 Å². The van der Waals surface area contributed by atoms with Gasteiger partial charge in [-0.2, -0.15) is 0 Å². The standard InChI is InChI=1S/C21H22ClN3O5/c1-2-14-3-9-17(10-4-14)23-19(27)13-30-20(28)12-11-18(26)24-25-21(29)15-5-7-16(22)8-6-15/h3-10H,2,11-13H2,1H3,(H,23,27)(H,24,26)(H,25,29). The van der Waals surface area contributed by atoms with Crippen LogP contribution in [0.2, 0.25) is 5.02 Å². The summed E-state index contributed by atoms with van der Waals surface area (Å²) in [5.74, 6) is -2.28. The molecule has 3 N–H and O–H groups in total. The zero-order valence-corrected chi connectivity index (χ0v) is 17.1. The van der Waals surface area contributed by atoms with Gasteiger partial charge in [-0.15, -0.1) is 0 Å². The van der Waals surface area contributed by atoms with Gasteiger partial charge in [-0.25, -0.2) is 0 Å². The number of hydrogen-bond acceptors (Lipinski definition) is 5. The van der Waals surface area contributed by atoms with Crippen molar-refractivity contribution in [1.82, 2.24) is 10.9 Å². The second-order valence-electron chi connectivity index (χ2n) is 6.27. The molecule has 30 heavy (non-hydrogen) atoms. The van der Waals surface area contributed by atoms with Crippen LogP contribution in [0.5, 0.6) is 0 Å². The van der Waals surface area contributed by atoms with E-state index in [0.29, 0.717) is 16.3 Å². The van der Waals surface area contributed by atoms with Crippen LogP contribution in [-0.2, 0) is 25.5 Å². The molecule has 0 bridgehead atoms. The fourth-order valence-corrected chi connectivity index (χ4v) is 2.44. The number of carbonyl (C=O) groups is 4. The molecular formula is C21H22ClN3O5. The highest BCUT2D eigenvalue weighted by atomic mass is 35.5. The molecule has 0 radical (unpaired) electrons. The van der Waals surface area contributed by atoms with Crippen molar-refractivity contribution in [3.05, 3.63) is 64.7 Å². The minimum absolute atomic E-state index is 0.209. The molecule has 0 saturated carbocycles. The van der Waals surface area contributed by atoms with Crippen molar-refractivity contribution in [3.8, 4) is 0 Å². The molecule has 0 spiro atoms. The zero-order chi connectivity index (χ0) is 21.9.